The molecule has 0 saturated heterocycles. The van der Waals surface area contributed by atoms with E-state index in [2.05, 4.69) is 65.4 Å². The molecular weight excluding hydrogens is 282 g/mol. The second kappa shape index (κ2) is 6.07. The third-order valence-corrected chi connectivity index (χ3v) is 4.87. The fourth-order valence-electron chi connectivity index (χ4n) is 3.44. The Balaban J connectivity index is 1.55. The molecule has 1 fully saturated rings. The van der Waals surface area contributed by atoms with Crippen LogP contribution in [0.15, 0.2) is 48.8 Å². The van der Waals surface area contributed by atoms with Crippen LogP contribution in [0.3, 0.4) is 0 Å². The third kappa shape index (κ3) is 3.09. The van der Waals surface area contributed by atoms with Gasteiger partial charge in [0.2, 0.25) is 0 Å². The summed E-state index contributed by atoms with van der Waals surface area (Å²) in [6.07, 6.45) is 9.80. The molecule has 23 heavy (non-hydrogen) atoms. The first kappa shape index (κ1) is 14.3. The molecule has 0 aliphatic heterocycles. The summed E-state index contributed by atoms with van der Waals surface area (Å²) in [5.74, 6) is 0.844. The second-order valence-electron chi connectivity index (χ2n) is 6.71. The van der Waals surface area contributed by atoms with Gasteiger partial charge in [-0.15, -0.1) is 0 Å². The van der Waals surface area contributed by atoms with E-state index in [0.29, 0.717) is 0 Å². The molecule has 3 aromatic rings. The minimum absolute atomic E-state index is 0.844. The molecule has 2 heterocycles. The van der Waals surface area contributed by atoms with Crippen LogP contribution in [-0.2, 0) is 0 Å². The van der Waals surface area contributed by atoms with Gasteiger partial charge in [0.15, 0.2) is 0 Å². The normalized spacial score (nSPS) is 15.3. The molecule has 0 spiro atoms. The predicted octanol–water partition coefficient (Wildman–Crippen LogP) is 4.91. The van der Waals surface area contributed by atoms with E-state index in [1.54, 1.807) is 0 Å². The number of rotatable bonds is 4. The summed E-state index contributed by atoms with van der Waals surface area (Å²) in [7, 11) is 0. The number of hydrogen-bond donors (Lipinski definition) is 1. The van der Waals surface area contributed by atoms with E-state index in [1.807, 2.05) is 0 Å². The van der Waals surface area contributed by atoms with Crippen LogP contribution in [0.1, 0.15) is 31.2 Å². The molecule has 0 atom stereocenters. The van der Waals surface area contributed by atoms with Gasteiger partial charge in [-0.1, -0.05) is 42.7 Å². The summed E-state index contributed by atoms with van der Waals surface area (Å²) in [5.41, 5.74) is 5.64. The Morgan fingerprint density at radius 2 is 1.83 bits per heavy atom. The molecule has 3 heteroatoms. The first-order chi connectivity index (χ1) is 11.3. The lowest BCUT2D eigenvalue weighted by Gasteiger charge is -2.11. The van der Waals surface area contributed by atoms with Gasteiger partial charge in [0, 0.05) is 24.5 Å². The van der Waals surface area contributed by atoms with Crippen molar-refractivity contribution < 1.29 is 0 Å². The molecule has 0 bridgehead atoms. The van der Waals surface area contributed by atoms with Gasteiger partial charge in [-0.25, -0.2) is 4.98 Å². The fraction of sp³-hybridized carbons (Fsp3) is 0.350. The molecule has 3 nitrogen and oxygen atoms in total. The molecule has 0 unspecified atom stereocenters. The van der Waals surface area contributed by atoms with Crippen molar-refractivity contribution in [3.05, 3.63) is 54.4 Å². The van der Waals surface area contributed by atoms with Crippen molar-refractivity contribution in [3.8, 4) is 11.3 Å². The van der Waals surface area contributed by atoms with Crippen molar-refractivity contribution in [2.24, 2.45) is 5.92 Å². The number of aromatic nitrogens is 2. The summed E-state index contributed by atoms with van der Waals surface area (Å²) in [5, 5.41) is 3.59. The van der Waals surface area contributed by atoms with Crippen molar-refractivity contribution in [2.75, 3.05) is 11.9 Å². The van der Waals surface area contributed by atoms with E-state index < -0.39 is 0 Å². The molecule has 0 amide bonds. The van der Waals surface area contributed by atoms with Gasteiger partial charge >= 0.3 is 0 Å². The summed E-state index contributed by atoms with van der Waals surface area (Å²) in [4.78, 5) is 4.73. The van der Waals surface area contributed by atoms with Gasteiger partial charge < -0.3 is 9.72 Å². The molecule has 118 valence electrons. The molecule has 4 rings (SSSR count). The Labute approximate surface area is 137 Å². The number of aryl methyl sites for hydroxylation is 1. The number of benzene rings is 1. The lowest BCUT2D eigenvalue weighted by Crippen LogP contribution is -2.11. The van der Waals surface area contributed by atoms with Crippen LogP contribution in [0.5, 0.6) is 0 Å². The van der Waals surface area contributed by atoms with Gasteiger partial charge in [-0.2, -0.15) is 0 Å². The number of fused-ring (bicyclic) bond motifs is 1. The minimum Gasteiger partial charge on any atom is -0.384 e. The maximum Gasteiger partial charge on any atom is 0.137 e. The molecule has 2 aromatic heterocycles. The number of pyridine rings is 1. The number of nitrogens with zero attached hydrogens (tertiary/aromatic N) is 2. The van der Waals surface area contributed by atoms with Crippen molar-refractivity contribution in [1.82, 2.24) is 9.38 Å². The maximum atomic E-state index is 4.73. The van der Waals surface area contributed by atoms with E-state index in [0.717, 1.165) is 23.8 Å². The Hall–Kier alpha value is -2.29. The van der Waals surface area contributed by atoms with E-state index in [9.17, 15) is 0 Å². The molecule has 1 aliphatic rings. The topological polar surface area (TPSA) is 29.3 Å². The Morgan fingerprint density at radius 1 is 1.04 bits per heavy atom. The smallest absolute Gasteiger partial charge is 0.137 e. The number of nitrogens with one attached hydrogen (secondary N) is 1. The summed E-state index contributed by atoms with van der Waals surface area (Å²) < 4.78 is 2.12. The maximum absolute atomic E-state index is 4.73. The largest absolute Gasteiger partial charge is 0.384 e. The molecule has 1 aromatic carbocycles. The zero-order chi connectivity index (χ0) is 15.6. The van der Waals surface area contributed by atoms with E-state index in [-0.39, 0.29) is 0 Å². The highest BCUT2D eigenvalue weighted by Crippen LogP contribution is 2.25. The number of hydrogen-bond acceptors (Lipinski definition) is 2. The van der Waals surface area contributed by atoms with Crippen LogP contribution in [0.4, 0.5) is 5.69 Å². The third-order valence-electron chi connectivity index (χ3n) is 4.87. The lowest BCUT2D eigenvalue weighted by molar-refractivity contribution is 0.580. The predicted molar refractivity (Wildman–Crippen MR) is 95.8 cm³/mol. The SMILES string of the molecule is Cc1ccc(-c2cn3cc(NCC4CCCC4)ccc3n2)cc1. The molecule has 1 aliphatic carbocycles. The first-order valence-electron chi connectivity index (χ1n) is 8.57. The van der Waals surface area contributed by atoms with Crippen molar-refractivity contribution in [3.63, 3.8) is 0 Å². The lowest BCUT2D eigenvalue weighted by atomic mass is 10.1. The van der Waals surface area contributed by atoms with Gasteiger partial charge in [-0.05, 0) is 37.8 Å². The van der Waals surface area contributed by atoms with Crippen LogP contribution in [0.2, 0.25) is 0 Å². The highest BCUT2D eigenvalue weighted by atomic mass is 15.0. The molecule has 1 N–H and O–H groups in total. The number of imidazole rings is 1. The first-order valence-corrected chi connectivity index (χ1v) is 8.57. The standard InChI is InChI=1S/C20H23N3/c1-15-6-8-17(9-7-15)19-14-23-13-18(10-11-20(23)22-19)21-12-16-4-2-3-5-16/h6-11,13-14,16,21H,2-5,12H2,1H3. The highest BCUT2D eigenvalue weighted by Gasteiger charge is 2.14. The zero-order valence-electron chi connectivity index (χ0n) is 13.6. The van der Waals surface area contributed by atoms with Gasteiger partial charge in [-0.3, -0.25) is 0 Å². The van der Waals surface area contributed by atoms with Crippen LogP contribution in [0, 0.1) is 12.8 Å². The van der Waals surface area contributed by atoms with Crippen molar-refractivity contribution >= 4 is 11.3 Å². The van der Waals surface area contributed by atoms with Crippen molar-refractivity contribution in [2.45, 2.75) is 32.6 Å². The molecular formula is C20H23N3. The average molecular weight is 305 g/mol. The van der Waals surface area contributed by atoms with E-state index in [1.165, 1.54) is 42.5 Å². The van der Waals surface area contributed by atoms with Crippen LogP contribution < -0.4 is 5.32 Å². The summed E-state index contributed by atoms with van der Waals surface area (Å²) in [6.45, 7) is 3.20. The van der Waals surface area contributed by atoms with E-state index in [4.69, 9.17) is 4.98 Å². The number of anilines is 1. The zero-order valence-corrected chi connectivity index (χ0v) is 13.6. The van der Waals surface area contributed by atoms with E-state index >= 15 is 0 Å². The molecule has 0 radical (unpaired) electrons. The highest BCUT2D eigenvalue weighted by molar-refractivity contribution is 5.64. The van der Waals surface area contributed by atoms with Crippen LogP contribution in [0.25, 0.3) is 16.9 Å². The molecule has 1 saturated carbocycles. The minimum atomic E-state index is 0.844. The summed E-state index contributed by atoms with van der Waals surface area (Å²) >= 11 is 0. The van der Waals surface area contributed by atoms with Crippen molar-refractivity contribution in [1.29, 1.82) is 0 Å². The Bertz CT molecular complexity index is 795. The fourth-order valence-corrected chi connectivity index (χ4v) is 3.44. The average Bonchev–Trinajstić information content (AvgIpc) is 3.22. The second-order valence-corrected chi connectivity index (χ2v) is 6.71. The monoisotopic (exact) mass is 305 g/mol. The Morgan fingerprint density at radius 3 is 2.61 bits per heavy atom. The van der Waals surface area contributed by atoms with Gasteiger partial charge in [0.05, 0.1) is 11.4 Å². The van der Waals surface area contributed by atoms with Gasteiger partial charge in [0.1, 0.15) is 5.65 Å². The summed E-state index contributed by atoms with van der Waals surface area (Å²) in [6, 6.07) is 12.8. The van der Waals surface area contributed by atoms with Crippen LogP contribution in [-0.4, -0.2) is 15.9 Å². The quantitative estimate of drug-likeness (QED) is 0.742. The van der Waals surface area contributed by atoms with Gasteiger partial charge in [0.25, 0.3) is 0 Å². The van der Waals surface area contributed by atoms with Crippen LogP contribution >= 0.6 is 0 Å². The Kier molecular flexibility index (Phi) is 3.78.